The first-order valence-electron chi connectivity index (χ1n) is 6.66. The number of carbonyl (C=O) groups excluding carboxylic acids is 1. The molecule has 0 bridgehead atoms. The first kappa shape index (κ1) is 15.3. The summed E-state index contributed by atoms with van der Waals surface area (Å²) in [6, 6.07) is 4.00. The zero-order valence-corrected chi connectivity index (χ0v) is 12.9. The van der Waals surface area contributed by atoms with Crippen LogP contribution in [0.2, 0.25) is 0 Å². The highest BCUT2D eigenvalue weighted by molar-refractivity contribution is 9.10. The Morgan fingerprint density at radius 2 is 2.30 bits per heavy atom. The zero-order chi connectivity index (χ0) is 14.7. The number of hydrogen-bond donors (Lipinski definition) is 2. The maximum Gasteiger partial charge on any atom is 0.321 e. The predicted octanol–water partition coefficient (Wildman–Crippen LogP) is 3.21. The fourth-order valence-corrected chi connectivity index (χ4v) is 2.88. The van der Waals surface area contributed by atoms with Crippen LogP contribution < -0.4 is 5.32 Å². The molecule has 0 unspecified atom stereocenters. The highest BCUT2D eigenvalue weighted by atomic mass is 79.9. The van der Waals surface area contributed by atoms with E-state index < -0.39 is 11.9 Å². The Morgan fingerprint density at radius 1 is 1.55 bits per heavy atom. The van der Waals surface area contributed by atoms with Crippen LogP contribution >= 0.6 is 15.9 Å². The van der Waals surface area contributed by atoms with E-state index in [-0.39, 0.29) is 11.9 Å². The molecule has 2 amide bonds. The van der Waals surface area contributed by atoms with Gasteiger partial charge in [-0.05, 0) is 38.0 Å². The highest BCUT2D eigenvalue weighted by Gasteiger charge is 2.26. The number of nitrogens with zero attached hydrogens (tertiary/aromatic N) is 1. The Labute approximate surface area is 126 Å². The molecule has 4 nitrogen and oxygen atoms in total. The van der Waals surface area contributed by atoms with Crippen molar-refractivity contribution in [2.75, 3.05) is 18.4 Å². The quantitative estimate of drug-likeness (QED) is 0.865. The fraction of sp³-hybridized carbons (Fsp3) is 0.500. The van der Waals surface area contributed by atoms with E-state index in [9.17, 15) is 14.3 Å². The number of likely N-dealkylation sites (tertiary alicyclic amines) is 1. The largest absolute Gasteiger partial charge is 0.393 e. The second-order valence-electron chi connectivity index (χ2n) is 5.18. The number of nitrogens with one attached hydrogen (secondary N) is 1. The number of hydrogen-bond acceptors (Lipinski definition) is 2. The zero-order valence-electron chi connectivity index (χ0n) is 11.3. The molecule has 110 valence electrons. The van der Waals surface area contributed by atoms with Gasteiger partial charge in [0.1, 0.15) is 5.82 Å². The van der Waals surface area contributed by atoms with Crippen LogP contribution in [0.3, 0.4) is 0 Å². The van der Waals surface area contributed by atoms with E-state index >= 15 is 0 Å². The van der Waals surface area contributed by atoms with Crippen molar-refractivity contribution in [1.29, 1.82) is 0 Å². The van der Waals surface area contributed by atoms with E-state index in [1.54, 1.807) is 17.9 Å². The number of carbonyl (C=O) groups is 1. The van der Waals surface area contributed by atoms with Crippen LogP contribution in [0, 0.1) is 11.7 Å². The maximum atomic E-state index is 13.3. The third-order valence-corrected chi connectivity index (χ3v) is 4.00. The molecule has 0 radical (unpaired) electrons. The summed E-state index contributed by atoms with van der Waals surface area (Å²) < 4.78 is 13.8. The molecular formula is C14H18BrFN2O2. The molecule has 2 N–H and O–H groups in total. The average Bonchev–Trinajstić information content (AvgIpc) is 2.37. The average molecular weight is 345 g/mol. The van der Waals surface area contributed by atoms with Crippen molar-refractivity contribution < 1.29 is 14.3 Å². The summed E-state index contributed by atoms with van der Waals surface area (Å²) in [6.07, 6.45) is 1.37. The lowest BCUT2D eigenvalue weighted by Crippen LogP contribution is -2.44. The van der Waals surface area contributed by atoms with Crippen LogP contribution in [0.4, 0.5) is 14.9 Å². The van der Waals surface area contributed by atoms with Crippen LogP contribution in [0.15, 0.2) is 22.7 Å². The number of benzene rings is 1. The van der Waals surface area contributed by atoms with Gasteiger partial charge in [0.25, 0.3) is 0 Å². The normalized spacial score (nSPS) is 20.6. The second-order valence-corrected chi connectivity index (χ2v) is 6.09. The van der Waals surface area contributed by atoms with E-state index in [2.05, 4.69) is 21.2 Å². The van der Waals surface area contributed by atoms with Crippen LogP contribution in [0.5, 0.6) is 0 Å². The molecule has 1 saturated heterocycles. The standard InChI is InChI=1S/C14H18BrFN2O2/c1-9(19)10-3-2-4-18(8-10)14(20)17-13-6-11(15)5-12(16)7-13/h5-7,9-10,19H,2-4,8H2,1H3,(H,17,20)/t9-,10-/m0/s1. The van der Waals surface area contributed by atoms with E-state index in [0.29, 0.717) is 23.2 Å². The number of halogens is 2. The minimum absolute atomic E-state index is 0.105. The van der Waals surface area contributed by atoms with Crippen molar-refractivity contribution in [3.63, 3.8) is 0 Å². The van der Waals surface area contributed by atoms with Crippen molar-refractivity contribution in [2.24, 2.45) is 5.92 Å². The number of aliphatic hydroxyl groups is 1. The van der Waals surface area contributed by atoms with Gasteiger partial charge in [0.15, 0.2) is 0 Å². The minimum atomic E-state index is -0.422. The second kappa shape index (κ2) is 6.54. The summed E-state index contributed by atoms with van der Waals surface area (Å²) in [5, 5.41) is 12.3. The van der Waals surface area contributed by atoms with Crippen molar-refractivity contribution >= 4 is 27.6 Å². The van der Waals surface area contributed by atoms with Gasteiger partial charge in [0.2, 0.25) is 0 Å². The molecule has 2 atom stereocenters. The molecule has 1 heterocycles. The number of urea groups is 1. The predicted molar refractivity (Wildman–Crippen MR) is 79.1 cm³/mol. The van der Waals surface area contributed by atoms with Crippen LogP contribution in [0.25, 0.3) is 0 Å². The maximum absolute atomic E-state index is 13.3. The SMILES string of the molecule is C[C@H](O)[C@H]1CCCN(C(=O)Nc2cc(F)cc(Br)c2)C1. The van der Waals surface area contributed by atoms with Crippen LogP contribution in [-0.4, -0.2) is 35.2 Å². The van der Waals surface area contributed by atoms with Gasteiger partial charge < -0.3 is 15.3 Å². The van der Waals surface area contributed by atoms with Gasteiger partial charge in [-0.1, -0.05) is 15.9 Å². The van der Waals surface area contributed by atoms with Crippen molar-refractivity contribution in [3.8, 4) is 0 Å². The van der Waals surface area contributed by atoms with Gasteiger partial charge >= 0.3 is 6.03 Å². The topological polar surface area (TPSA) is 52.6 Å². The number of amides is 2. The van der Waals surface area contributed by atoms with E-state index in [4.69, 9.17) is 0 Å². The molecule has 0 aromatic heterocycles. The molecule has 2 rings (SSSR count). The first-order chi connectivity index (χ1) is 9.45. The summed E-state index contributed by atoms with van der Waals surface area (Å²) in [4.78, 5) is 13.8. The Hall–Kier alpha value is -1.14. The van der Waals surface area contributed by atoms with Crippen molar-refractivity contribution in [2.45, 2.75) is 25.9 Å². The summed E-state index contributed by atoms with van der Waals surface area (Å²) >= 11 is 3.19. The Bertz CT molecular complexity index is 476. The summed E-state index contributed by atoms with van der Waals surface area (Å²) in [5.41, 5.74) is 0.418. The molecular weight excluding hydrogens is 327 g/mol. The number of piperidine rings is 1. The van der Waals surface area contributed by atoms with Gasteiger partial charge in [-0.15, -0.1) is 0 Å². The third kappa shape index (κ3) is 3.93. The van der Waals surface area contributed by atoms with Crippen molar-refractivity contribution in [3.05, 3.63) is 28.5 Å². The third-order valence-electron chi connectivity index (χ3n) is 3.54. The Balaban J connectivity index is 2.00. The lowest BCUT2D eigenvalue weighted by Gasteiger charge is -2.34. The lowest BCUT2D eigenvalue weighted by molar-refractivity contribution is 0.0766. The Kier molecular flexibility index (Phi) is 4.99. The fourth-order valence-electron chi connectivity index (χ4n) is 2.42. The summed E-state index contributed by atoms with van der Waals surface area (Å²) in [5.74, 6) is -0.302. The molecule has 0 saturated carbocycles. The molecule has 1 aromatic rings. The summed E-state index contributed by atoms with van der Waals surface area (Å²) in [6.45, 7) is 2.93. The molecule has 6 heteroatoms. The molecule has 20 heavy (non-hydrogen) atoms. The number of aliphatic hydroxyl groups excluding tert-OH is 1. The summed E-state index contributed by atoms with van der Waals surface area (Å²) in [7, 11) is 0. The number of rotatable bonds is 2. The van der Waals surface area contributed by atoms with Gasteiger partial charge in [-0.2, -0.15) is 0 Å². The van der Waals surface area contributed by atoms with Gasteiger partial charge in [0.05, 0.1) is 6.10 Å². The van der Waals surface area contributed by atoms with Gasteiger partial charge in [0, 0.05) is 29.2 Å². The molecule has 1 aromatic carbocycles. The monoisotopic (exact) mass is 344 g/mol. The van der Waals surface area contributed by atoms with Gasteiger partial charge in [-0.25, -0.2) is 9.18 Å². The first-order valence-corrected chi connectivity index (χ1v) is 7.45. The Morgan fingerprint density at radius 3 is 2.95 bits per heavy atom. The van der Waals surface area contributed by atoms with E-state index in [1.807, 2.05) is 0 Å². The van der Waals surface area contributed by atoms with Crippen molar-refractivity contribution in [1.82, 2.24) is 4.90 Å². The van der Waals surface area contributed by atoms with E-state index in [0.717, 1.165) is 12.8 Å². The molecule has 0 aliphatic carbocycles. The van der Waals surface area contributed by atoms with Crippen LogP contribution in [-0.2, 0) is 0 Å². The highest BCUT2D eigenvalue weighted by Crippen LogP contribution is 2.22. The molecule has 1 fully saturated rings. The molecule has 1 aliphatic rings. The van der Waals surface area contributed by atoms with Crippen LogP contribution in [0.1, 0.15) is 19.8 Å². The van der Waals surface area contributed by atoms with E-state index in [1.165, 1.54) is 12.1 Å². The van der Waals surface area contributed by atoms with Gasteiger partial charge in [-0.3, -0.25) is 0 Å². The smallest absolute Gasteiger partial charge is 0.321 e. The molecule has 1 aliphatic heterocycles. The molecule has 0 spiro atoms. The minimum Gasteiger partial charge on any atom is -0.393 e. The number of anilines is 1. The lowest BCUT2D eigenvalue weighted by atomic mass is 9.94.